The van der Waals surface area contributed by atoms with Crippen molar-refractivity contribution in [3.63, 3.8) is 0 Å². The number of nitrogens with zero attached hydrogens (tertiary/aromatic N) is 3. The van der Waals surface area contributed by atoms with Crippen molar-refractivity contribution in [1.82, 2.24) is 13.5 Å². The van der Waals surface area contributed by atoms with E-state index >= 15 is 0 Å². The lowest BCUT2D eigenvalue weighted by molar-refractivity contribution is 0.160. The van der Waals surface area contributed by atoms with Crippen molar-refractivity contribution in [2.45, 2.75) is 28.7 Å². The first-order chi connectivity index (χ1) is 14.3. The summed E-state index contributed by atoms with van der Waals surface area (Å²) in [4.78, 5) is 2.38. The molecule has 1 atom stereocenters. The van der Waals surface area contributed by atoms with Crippen molar-refractivity contribution in [1.29, 1.82) is 0 Å². The third kappa shape index (κ3) is 4.04. The van der Waals surface area contributed by atoms with E-state index < -0.39 is 20.0 Å². The Morgan fingerprint density at radius 1 is 0.733 bits per heavy atom. The molecule has 0 amide bonds. The minimum Gasteiger partial charge on any atom is -0.303 e. The Kier molecular flexibility index (Phi) is 6.00. The van der Waals surface area contributed by atoms with Crippen LogP contribution < -0.4 is 0 Å². The number of rotatable bonds is 5. The minimum atomic E-state index is -3.77. The van der Waals surface area contributed by atoms with Gasteiger partial charge < -0.3 is 4.90 Å². The summed E-state index contributed by atoms with van der Waals surface area (Å²) in [6.45, 7) is 2.66. The molecule has 162 valence electrons. The van der Waals surface area contributed by atoms with E-state index in [0.717, 1.165) is 18.4 Å². The Labute approximate surface area is 179 Å². The van der Waals surface area contributed by atoms with Gasteiger partial charge in [0.25, 0.3) is 0 Å². The maximum atomic E-state index is 13.4. The van der Waals surface area contributed by atoms with Crippen molar-refractivity contribution >= 4 is 20.0 Å². The van der Waals surface area contributed by atoms with Gasteiger partial charge in [0, 0.05) is 32.7 Å². The third-order valence-electron chi connectivity index (χ3n) is 5.85. The molecule has 2 saturated heterocycles. The average molecular weight is 450 g/mol. The molecule has 2 heterocycles. The number of likely N-dealkylation sites (N-methyl/N-ethyl adjacent to an activating group) is 1. The van der Waals surface area contributed by atoms with Crippen LogP contribution in [-0.2, 0) is 20.0 Å². The molecule has 7 nitrogen and oxygen atoms in total. The van der Waals surface area contributed by atoms with Crippen molar-refractivity contribution < 1.29 is 16.8 Å². The Hall–Kier alpha value is -1.78. The average Bonchev–Trinajstić information content (AvgIpc) is 3.30. The number of hydrogen-bond acceptors (Lipinski definition) is 5. The topological polar surface area (TPSA) is 78.0 Å². The molecule has 0 N–H and O–H groups in total. The summed E-state index contributed by atoms with van der Waals surface area (Å²) in [6, 6.07) is 15.0. The monoisotopic (exact) mass is 449 g/mol. The summed E-state index contributed by atoms with van der Waals surface area (Å²) < 4.78 is 55.3. The van der Waals surface area contributed by atoms with Crippen LogP contribution in [0, 0.1) is 0 Å². The lowest BCUT2D eigenvalue weighted by atomic mass is 10.1. The molecule has 9 heteroatoms. The SMILES string of the molecule is CN1CCN(S(=O)(=O)c2ccc(S(=O)(=O)N3CCCC3)cc2)[C@@H](c2ccccc2)C1. The molecule has 2 aliphatic heterocycles. The fourth-order valence-electron chi connectivity index (χ4n) is 4.13. The maximum Gasteiger partial charge on any atom is 0.243 e. The van der Waals surface area contributed by atoms with E-state index in [9.17, 15) is 16.8 Å². The van der Waals surface area contributed by atoms with Crippen molar-refractivity contribution in [2.24, 2.45) is 0 Å². The van der Waals surface area contributed by atoms with Crippen molar-refractivity contribution in [2.75, 3.05) is 39.8 Å². The van der Waals surface area contributed by atoms with Crippen LogP contribution in [0.15, 0.2) is 64.4 Å². The second-order valence-electron chi connectivity index (χ2n) is 7.89. The lowest BCUT2D eigenvalue weighted by Crippen LogP contribution is -2.49. The summed E-state index contributed by atoms with van der Waals surface area (Å²) in [5, 5.41) is 0. The van der Waals surface area contributed by atoms with E-state index in [2.05, 4.69) is 4.90 Å². The zero-order valence-electron chi connectivity index (χ0n) is 17.0. The van der Waals surface area contributed by atoms with E-state index in [1.165, 1.54) is 32.9 Å². The highest BCUT2D eigenvalue weighted by molar-refractivity contribution is 7.89. The van der Waals surface area contributed by atoms with E-state index in [-0.39, 0.29) is 15.8 Å². The highest BCUT2D eigenvalue weighted by Gasteiger charge is 2.36. The van der Waals surface area contributed by atoms with Gasteiger partial charge in [-0.3, -0.25) is 0 Å². The fourth-order valence-corrected chi connectivity index (χ4v) is 7.25. The molecule has 0 saturated carbocycles. The number of piperazine rings is 1. The van der Waals surface area contributed by atoms with Crippen LogP contribution in [0.5, 0.6) is 0 Å². The van der Waals surface area contributed by atoms with Crippen molar-refractivity contribution in [3.8, 4) is 0 Å². The van der Waals surface area contributed by atoms with Gasteiger partial charge in [-0.05, 0) is 49.7 Å². The molecule has 0 unspecified atom stereocenters. The van der Waals surface area contributed by atoms with Gasteiger partial charge in [0.05, 0.1) is 15.8 Å². The number of benzene rings is 2. The standard InChI is InChI=1S/C21H27N3O4S2/c1-22-15-16-24(21(17-22)18-7-3-2-4-8-18)30(27,28)20-11-9-19(10-12-20)29(25,26)23-13-5-6-14-23/h2-4,7-12,21H,5-6,13-17H2,1H3/t21-/m1/s1. The van der Waals surface area contributed by atoms with E-state index in [0.29, 0.717) is 32.7 Å². The first-order valence-electron chi connectivity index (χ1n) is 10.2. The molecule has 2 aliphatic rings. The summed E-state index contributed by atoms with van der Waals surface area (Å²) in [5.41, 5.74) is 0.945. The molecule has 2 aromatic carbocycles. The zero-order chi connectivity index (χ0) is 21.4. The van der Waals surface area contributed by atoms with Crippen LogP contribution in [0.4, 0.5) is 0 Å². The first-order valence-corrected chi connectivity index (χ1v) is 13.0. The Morgan fingerprint density at radius 3 is 1.90 bits per heavy atom. The van der Waals surface area contributed by atoms with Crippen LogP contribution in [0.3, 0.4) is 0 Å². The Morgan fingerprint density at radius 2 is 1.30 bits per heavy atom. The maximum absolute atomic E-state index is 13.4. The Balaban J connectivity index is 1.64. The molecule has 2 fully saturated rings. The third-order valence-corrected chi connectivity index (χ3v) is 9.69. The molecule has 4 rings (SSSR count). The summed E-state index contributed by atoms with van der Waals surface area (Å²) in [5.74, 6) is 0. The van der Waals surface area contributed by atoms with E-state index in [1.54, 1.807) is 0 Å². The van der Waals surface area contributed by atoms with Gasteiger partial charge >= 0.3 is 0 Å². The van der Waals surface area contributed by atoms with Gasteiger partial charge in [-0.2, -0.15) is 8.61 Å². The summed E-state index contributed by atoms with van der Waals surface area (Å²) in [7, 11) is -5.35. The van der Waals surface area contributed by atoms with Crippen molar-refractivity contribution in [3.05, 3.63) is 60.2 Å². The Bertz CT molecular complexity index is 1080. The highest BCUT2D eigenvalue weighted by atomic mass is 32.2. The molecule has 0 bridgehead atoms. The number of hydrogen-bond donors (Lipinski definition) is 0. The molecule has 0 spiro atoms. The predicted molar refractivity (Wildman–Crippen MR) is 115 cm³/mol. The van der Waals surface area contributed by atoms with Gasteiger partial charge in [0.2, 0.25) is 20.0 Å². The fraction of sp³-hybridized carbons (Fsp3) is 0.429. The first kappa shape index (κ1) is 21.5. The molecular weight excluding hydrogens is 422 g/mol. The molecule has 0 radical (unpaired) electrons. The van der Waals surface area contributed by atoms with E-state index in [4.69, 9.17) is 0 Å². The zero-order valence-corrected chi connectivity index (χ0v) is 18.6. The molecule has 2 aromatic rings. The van der Waals surface area contributed by atoms with Crippen LogP contribution in [0.2, 0.25) is 0 Å². The predicted octanol–water partition coefficient (Wildman–Crippen LogP) is 2.15. The van der Waals surface area contributed by atoms with Crippen LogP contribution in [-0.4, -0.2) is 70.1 Å². The van der Waals surface area contributed by atoms with Gasteiger partial charge in [0.15, 0.2) is 0 Å². The van der Waals surface area contributed by atoms with Crippen LogP contribution in [0.1, 0.15) is 24.4 Å². The normalized spacial score (nSPS) is 22.4. The second kappa shape index (κ2) is 8.39. The number of sulfonamides is 2. The van der Waals surface area contributed by atoms with Crippen LogP contribution in [0.25, 0.3) is 0 Å². The minimum absolute atomic E-state index is 0.119. The molecular formula is C21H27N3O4S2. The quantitative estimate of drug-likeness (QED) is 0.699. The van der Waals surface area contributed by atoms with E-state index in [1.807, 2.05) is 37.4 Å². The highest BCUT2D eigenvalue weighted by Crippen LogP contribution is 2.31. The van der Waals surface area contributed by atoms with Gasteiger partial charge in [-0.25, -0.2) is 16.8 Å². The molecule has 0 aromatic heterocycles. The molecule has 0 aliphatic carbocycles. The smallest absolute Gasteiger partial charge is 0.243 e. The second-order valence-corrected chi connectivity index (χ2v) is 11.7. The van der Waals surface area contributed by atoms with Gasteiger partial charge in [-0.1, -0.05) is 30.3 Å². The molecule has 30 heavy (non-hydrogen) atoms. The van der Waals surface area contributed by atoms with Gasteiger partial charge in [-0.15, -0.1) is 0 Å². The summed E-state index contributed by atoms with van der Waals surface area (Å²) >= 11 is 0. The van der Waals surface area contributed by atoms with Crippen LogP contribution >= 0.6 is 0 Å². The summed E-state index contributed by atoms with van der Waals surface area (Å²) in [6.07, 6.45) is 1.71. The largest absolute Gasteiger partial charge is 0.303 e. The van der Waals surface area contributed by atoms with Gasteiger partial charge in [0.1, 0.15) is 0 Å². The lowest BCUT2D eigenvalue weighted by Gasteiger charge is -2.39.